The van der Waals surface area contributed by atoms with E-state index in [1.807, 2.05) is 31.2 Å². The average molecular weight is 290 g/mol. The van der Waals surface area contributed by atoms with Gasteiger partial charge < -0.3 is 9.73 Å². The number of hydrogen-bond acceptors (Lipinski definition) is 2. The predicted octanol–water partition coefficient (Wildman–Crippen LogP) is 4.12. The van der Waals surface area contributed by atoms with Crippen molar-refractivity contribution in [3.8, 4) is 0 Å². The van der Waals surface area contributed by atoms with Gasteiger partial charge in [-0.05, 0) is 49.4 Å². The van der Waals surface area contributed by atoms with E-state index in [0.717, 1.165) is 24.0 Å². The molecule has 1 unspecified atom stereocenters. The summed E-state index contributed by atoms with van der Waals surface area (Å²) in [4.78, 5) is 12.3. The number of furan rings is 1. The lowest BCUT2D eigenvalue weighted by atomic mass is 10.0. The molecular weight excluding hydrogens is 274 g/mol. The first-order valence-corrected chi connectivity index (χ1v) is 7.13. The van der Waals surface area contributed by atoms with Gasteiger partial charge in [0, 0.05) is 10.6 Å². The predicted molar refractivity (Wildman–Crippen MR) is 77.8 cm³/mol. The smallest absolute Gasteiger partial charge is 0.287 e. The van der Waals surface area contributed by atoms with Crippen LogP contribution in [0.4, 0.5) is 0 Å². The van der Waals surface area contributed by atoms with Gasteiger partial charge in [0.05, 0.1) is 12.3 Å². The first-order valence-electron chi connectivity index (χ1n) is 6.75. The highest BCUT2D eigenvalue weighted by atomic mass is 35.5. The Hall–Kier alpha value is -1.74. The van der Waals surface area contributed by atoms with Crippen LogP contribution in [0.2, 0.25) is 5.02 Å². The van der Waals surface area contributed by atoms with E-state index in [2.05, 4.69) is 5.32 Å². The molecule has 20 heavy (non-hydrogen) atoms. The van der Waals surface area contributed by atoms with Gasteiger partial charge in [-0.2, -0.15) is 0 Å². The molecule has 1 fully saturated rings. The summed E-state index contributed by atoms with van der Waals surface area (Å²) in [5.74, 6) is 0.749. The van der Waals surface area contributed by atoms with E-state index in [1.54, 1.807) is 12.3 Å². The van der Waals surface area contributed by atoms with Gasteiger partial charge in [0.25, 0.3) is 5.91 Å². The number of nitrogens with one attached hydrogen (secondary N) is 1. The molecule has 1 aromatic carbocycles. The van der Waals surface area contributed by atoms with Gasteiger partial charge in [0.15, 0.2) is 5.76 Å². The Labute approximate surface area is 122 Å². The van der Waals surface area contributed by atoms with Crippen LogP contribution in [-0.2, 0) is 0 Å². The second kappa shape index (κ2) is 5.33. The second-order valence-corrected chi connectivity index (χ2v) is 5.71. The highest BCUT2D eigenvalue weighted by Crippen LogP contribution is 2.41. The minimum absolute atomic E-state index is 0.0317. The first kappa shape index (κ1) is 13.3. The van der Waals surface area contributed by atoms with Crippen LogP contribution >= 0.6 is 11.6 Å². The van der Waals surface area contributed by atoms with Crippen molar-refractivity contribution in [3.05, 3.63) is 58.5 Å². The summed E-state index contributed by atoms with van der Waals surface area (Å²) in [6, 6.07) is 9.49. The Morgan fingerprint density at radius 2 is 2.00 bits per heavy atom. The van der Waals surface area contributed by atoms with Crippen molar-refractivity contribution < 1.29 is 9.21 Å². The number of benzene rings is 1. The molecule has 1 aromatic heterocycles. The normalized spacial score (nSPS) is 15.9. The lowest BCUT2D eigenvalue weighted by Crippen LogP contribution is -2.30. The molecule has 0 saturated heterocycles. The lowest BCUT2D eigenvalue weighted by Gasteiger charge is -2.18. The van der Waals surface area contributed by atoms with E-state index in [0.29, 0.717) is 16.7 Å². The van der Waals surface area contributed by atoms with Crippen LogP contribution < -0.4 is 5.32 Å². The van der Waals surface area contributed by atoms with Gasteiger partial charge in [-0.15, -0.1) is 0 Å². The molecule has 0 bridgehead atoms. The van der Waals surface area contributed by atoms with Crippen molar-refractivity contribution in [1.82, 2.24) is 5.32 Å². The fraction of sp³-hybridized carbons (Fsp3) is 0.312. The van der Waals surface area contributed by atoms with Crippen LogP contribution in [0.1, 0.15) is 40.6 Å². The Morgan fingerprint density at radius 1 is 1.30 bits per heavy atom. The maximum Gasteiger partial charge on any atom is 0.287 e. The number of carbonyl (C=O) groups excluding carboxylic acids is 1. The molecule has 0 spiro atoms. The van der Waals surface area contributed by atoms with E-state index in [4.69, 9.17) is 16.0 Å². The van der Waals surface area contributed by atoms with Crippen molar-refractivity contribution in [2.75, 3.05) is 0 Å². The van der Waals surface area contributed by atoms with Crippen molar-refractivity contribution in [2.24, 2.45) is 5.92 Å². The van der Waals surface area contributed by atoms with Crippen molar-refractivity contribution in [3.63, 3.8) is 0 Å². The molecule has 2 aromatic rings. The topological polar surface area (TPSA) is 42.2 Å². The largest absolute Gasteiger partial charge is 0.459 e. The van der Waals surface area contributed by atoms with Gasteiger partial charge >= 0.3 is 0 Å². The Kier molecular flexibility index (Phi) is 3.53. The Morgan fingerprint density at radius 3 is 2.55 bits per heavy atom. The summed E-state index contributed by atoms with van der Waals surface area (Å²) < 4.78 is 5.25. The molecule has 0 aliphatic heterocycles. The monoisotopic (exact) mass is 289 g/mol. The van der Waals surface area contributed by atoms with Crippen molar-refractivity contribution in [1.29, 1.82) is 0 Å². The summed E-state index contributed by atoms with van der Waals surface area (Å²) >= 11 is 5.92. The van der Waals surface area contributed by atoms with Crippen molar-refractivity contribution in [2.45, 2.75) is 25.8 Å². The quantitative estimate of drug-likeness (QED) is 0.920. The number of amides is 1. The van der Waals surface area contributed by atoms with Crippen LogP contribution in [-0.4, -0.2) is 5.91 Å². The molecule has 104 valence electrons. The summed E-state index contributed by atoms with van der Waals surface area (Å²) in [6.45, 7) is 1.87. The zero-order chi connectivity index (χ0) is 14.1. The number of carbonyl (C=O) groups is 1. The Balaban J connectivity index is 1.80. The third-order valence-corrected chi connectivity index (χ3v) is 3.93. The standard InChI is InChI=1S/C16H16ClNO2/c1-10-8-9-20-15(10)16(19)18-14(11-2-3-11)12-4-6-13(17)7-5-12/h4-9,11,14H,2-3H2,1H3,(H,18,19). The molecule has 1 aliphatic carbocycles. The summed E-state index contributed by atoms with van der Waals surface area (Å²) in [7, 11) is 0. The molecule has 3 rings (SSSR count). The summed E-state index contributed by atoms with van der Waals surface area (Å²) in [5.41, 5.74) is 1.95. The highest BCUT2D eigenvalue weighted by molar-refractivity contribution is 6.30. The van der Waals surface area contributed by atoms with Crippen LogP contribution in [0.15, 0.2) is 41.0 Å². The fourth-order valence-electron chi connectivity index (χ4n) is 2.39. The minimum atomic E-state index is -0.153. The van der Waals surface area contributed by atoms with Crippen LogP contribution in [0.3, 0.4) is 0 Å². The number of halogens is 1. The minimum Gasteiger partial charge on any atom is -0.459 e. The molecule has 1 N–H and O–H groups in total. The van der Waals surface area contributed by atoms with Gasteiger partial charge in [-0.3, -0.25) is 4.79 Å². The maximum absolute atomic E-state index is 12.3. The molecule has 1 amide bonds. The van der Waals surface area contributed by atoms with E-state index in [9.17, 15) is 4.79 Å². The zero-order valence-electron chi connectivity index (χ0n) is 11.2. The SMILES string of the molecule is Cc1ccoc1C(=O)NC(c1ccc(Cl)cc1)C1CC1. The van der Waals surface area contributed by atoms with Gasteiger partial charge in [0.2, 0.25) is 0 Å². The van der Waals surface area contributed by atoms with Crippen LogP contribution in [0.5, 0.6) is 0 Å². The first-order chi connectivity index (χ1) is 9.65. The van der Waals surface area contributed by atoms with Gasteiger partial charge in [-0.1, -0.05) is 23.7 Å². The maximum atomic E-state index is 12.3. The van der Waals surface area contributed by atoms with Crippen molar-refractivity contribution >= 4 is 17.5 Å². The van der Waals surface area contributed by atoms with Crippen LogP contribution in [0.25, 0.3) is 0 Å². The molecule has 1 atom stereocenters. The van der Waals surface area contributed by atoms with E-state index < -0.39 is 0 Å². The summed E-state index contributed by atoms with van der Waals surface area (Å²) in [5, 5.41) is 3.79. The molecule has 3 nitrogen and oxygen atoms in total. The number of rotatable bonds is 4. The van der Waals surface area contributed by atoms with E-state index >= 15 is 0 Å². The number of aryl methyl sites for hydroxylation is 1. The second-order valence-electron chi connectivity index (χ2n) is 5.27. The molecule has 1 aliphatic rings. The number of hydrogen-bond donors (Lipinski definition) is 1. The lowest BCUT2D eigenvalue weighted by molar-refractivity contribution is 0.0902. The molecule has 4 heteroatoms. The highest BCUT2D eigenvalue weighted by Gasteiger charge is 2.34. The van der Waals surface area contributed by atoms with E-state index in [-0.39, 0.29) is 11.9 Å². The summed E-state index contributed by atoms with van der Waals surface area (Å²) in [6.07, 6.45) is 3.83. The van der Waals surface area contributed by atoms with E-state index in [1.165, 1.54) is 0 Å². The third-order valence-electron chi connectivity index (χ3n) is 3.68. The van der Waals surface area contributed by atoms with Crippen LogP contribution in [0, 0.1) is 12.8 Å². The third kappa shape index (κ3) is 2.73. The van der Waals surface area contributed by atoms with Gasteiger partial charge in [0.1, 0.15) is 0 Å². The molecule has 1 heterocycles. The fourth-order valence-corrected chi connectivity index (χ4v) is 2.51. The Bertz CT molecular complexity index is 614. The average Bonchev–Trinajstić information content (AvgIpc) is 3.18. The molecule has 0 radical (unpaired) electrons. The van der Waals surface area contributed by atoms with Gasteiger partial charge in [-0.25, -0.2) is 0 Å². The molecule has 1 saturated carbocycles. The zero-order valence-corrected chi connectivity index (χ0v) is 12.0. The molecular formula is C16H16ClNO2.